The van der Waals surface area contributed by atoms with E-state index in [1.807, 2.05) is 45.2 Å². The number of ether oxygens (including phenoxy) is 1. The Labute approximate surface area is 198 Å². The molecule has 0 saturated carbocycles. The number of fused-ring (bicyclic) bond motifs is 1. The quantitative estimate of drug-likeness (QED) is 0.640. The maximum Gasteiger partial charge on any atom is 0.225 e. The molecule has 1 N–H and O–H groups in total. The summed E-state index contributed by atoms with van der Waals surface area (Å²) in [5.74, 6) is 1.44. The standard InChI is InChI=1S/C28H39N3O2/c1-5-33-25-17-21-11-8-10-20(21)16-23(25)19-31-15-9-12-22(18-31)26(24-13-6-7-14-29-24)30-27(32)28(2,3)4/h6-7,13-14,16-17,22,26H,5,8-12,15,18-19H2,1-4H3,(H,30,32)/t22-,26+/m0/s1. The van der Waals surface area contributed by atoms with E-state index in [9.17, 15) is 4.79 Å². The molecule has 4 rings (SSSR count). The van der Waals surface area contributed by atoms with Crippen molar-refractivity contribution in [3.8, 4) is 5.75 Å². The first-order valence-electron chi connectivity index (χ1n) is 12.6. The lowest BCUT2D eigenvalue weighted by Gasteiger charge is -2.38. The number of nitrogens with one attached hydrogen (secondary N) is 1. The van der Waals surface area contributed by atoms with Gasteiger partial charge in [-0.15, -0.1) is 0 Å². The van der Waals surface area contributed by atoms with Gasteiger partial charge in [0.05, 0.1) is 18.3 Å². The molecule has 178 valence electrons. The number of benzene rings is 1. The zero-order chi connectivity index (χ0) is 23.4. The van der Waals surface area contributed by atoms with Crippen molar-refractivity contribution in [3.63, 3.8) is 0 Å². The number of pyridine rings is 1. The molecule has 5 heteroatoms. The van der Waals surface area contributed by atoms with Crippen molar-refractivity contribution in [1.29, 1.82) is 0 Å². The van der Waals surface area contributed by atoms with Crippen molar-refractivity contribution in [2.45, 2.75) is 72.4 Å². The van der Waals surface area contributed by atoms with Crippen LogP contribution in [0.1, 0.15) is 75.4 Å². The Morgan fingerprint density at radius 3 is 2.70 bits per heavy atom. The second-order valence-electron chi connectivity index (χ2n) is 10.6. The monoisotopic (exact) mass is 449 g/mol. The molecule has 1 saturated heterocycles. The summed E-state index contributed by atoms with van der Waals surface area (Å²) >= 11 is 0. The molecule has 1 amide bonds. The van der Waals surface area contributed by atoms with E-state index < -0.39 is 5.41 Å². The zero-order valence-electron chi connectivity index (χ0n) is 20.7. The topological polar surface area (TPSA) is 54.5 Å². The predicted octanol–water partition coefficient (Wildman–Crippen LogP) is 5.08. The molecule has 33 heavy (non-hydrogen) atoms. The van der Waals surface area contributed by atoms with Gasteiger partial charge in [0.1, 0.15) is 5.75 Å². The fraction of sp³-hybridized carbons (Fsp3) is 0.571. The molecule has 1 aromatic carbocycles. The van der Waals surface area contributed by atoms with Crippen molar-refractivity contribution >= 4 is 5.91 Å². The Balaban J connectivity index is 1.53. The number of aryl methyl sites for hydroxylation is 2. The lowest BCUT2D eigenvalue weighted by Crippen LogP contribution is -2.45. The minimum Gasteiger partial charge on any atom is -0.494 e. The SMILES string of the molecule is CCOc1cc2c(cc1CN1CCC[C@H]([C@@H](NC(=O)C(C)(C)C)c3ccccn3)C1)CCC2. The van der Waals surface area contributed by atoms with Crippen molar-refractivity contribution in [2.24, 2.45) is 11.3 Å². The molecule has 1 aromatic heterocycles. The smallest absolute Gasteiger partial charge is 0.225 e. The van der Waals surface area contributed by atoms with Gasteiger partial charge in [0, 0.05) is 30.3 Å². The number of likely N-dealkylation sites (tertiary alicyclic amines) is 1. The number of hydrogen-bond donors (Lipinski definition) is 1. The second kappa shape index (κ2) is 10.3. The molecule has 2 atom stereocenters. The summed E-state index contributed by atoms with van der Waals surface area (Å²) in [6.07, 6.45) is 7.62. The molecule has 2 heterocycles. The highest BCUT2D eigenvalue weighted by atomic mass is 16.5. The van der Waals surface area contributed by atoms with Gasteiger partial charge in [-0.3, -0.25) is 14.7 Å². The van der Waals surface area contributed by atoms with Gasteiger partial charge in [0.25, 0.3) is 0 Å². The van der Waals surface area contributed by atoms with Crippen molar-refractivity contribution in [3.05, 3.63) is 58.9 Å². The molecule has 2 aliphatic rings. The Bertz CT molecular complexity index is 952. The van der Waals surface area contributed by atoms with Crippen LogP contribution >= 0.6 is 0 Å². The maximum atomic E-state index is 12.9. The first-order chi connectivity index (χ1) is 15.8. The highest BCUT2D eigenvalue weighted by Gasteiger charge is 2.33. The van der Waals surface area contributed by atoms with Crippen LogP contribution < -0.4 is 10.1 Å². The lowest BCUT2D eigenvalue weighted by atomic mass is 9.86. The van der Waals surface area contributed by atoms with Gasteiger partial charge in [0.2, 0.25) is 5.91 Å². The average molecular weight is 450 g/mol. The molecule has 0 bridgehead atoms. The zero-order valence-corrected chi connectivity index (χ0v) is 20.7. The van der Waals surface area contributed by atoms with Gasteiger partial charge in [-0.25, -0.2) is 0 Å². The van der Waals surface area contributed by atoms with E-state index in [2.05, 4.69) is 34.3 Å². The minimum absolute atomic E-state index is 0.0764. The molecule has 1 aliphatic carbocycles. The fourth-order valence-corrected chi connectivity index (χ4v) is 5.16. The summed E-state index contributed by atoms with van der Waals surface area (Å²) in [5.41, 5.74) is 4.77. The van der Waals surface area contributed by atoms with Crippen LogP contribution in [0.3, 0.4) is 0 Å². The largest absolute Gasteiger partial charge is 0.494 e. The fourth-order valence-electron chi connectivity index (χ4n) is 5.16. The van der Waals surface area contributed by atoms with E-state index >= 15 is 0 Å². The molecule has 0 spiro atoms. The van der Waals surface area contributed by atoms with Gasteiger partial charge in [-0.2, -0.15) is 0 Å². The minimum atomic E-state index is -0.432. The van der Waals surface area contributed by atoms with Crippen LogP contribution in [0.15, 0.2) is 36.5 Å². The Morgan fingerprint density at radius 1 is 1.21 bits per heavy atom. The van der Waals surface area contributed by atoms with E-state index in [-0.39, 0.29) is 11.9 Å². The number of rotatable bonds is 7. The summed E-state index contributed by atoms with van der Waals surface area (Å²) < 4.78 is 6.04. The summed E-state index contributed by atoms with van der Waals surface area (Å²) in [7, 11) is 0. The molecule has 1 aliphatic heterocycles. The van der Waals surface area contributed by atoms with Crippen molar-refractivity contribution in [1.82, 2.24) is 15.2 Å². The first-order valence-corrected chi connectivity index (χ1v) is 12.6. The normalized spacial score (nSPS) is 19.7. The summed E-state index contributed by atoms with van der Waals surface area (Å²) in [4.78, 5) is 20.1. The number of hydrogen-bond acceptors (Lipinski definition) is 4. The van der Waals surface area contributed by atoms with E-state index in [0.717, 1.165) is 43.9 Å². The van der Waals surface area contributed by atoms with Crippen LogP contribution in [0.4, 0.5) is 0 Å². The number of aromatic nitrogens is 1. The Hall–Kier alpha value is -2.40. The summed E-state index contributed by atoms with van der Waals surface area (Å²) in [6.45, 7) is 11.5. The number of carbonyl (C=O) groups is 1. The third-order valence-corrected chi connectivity index (χ3v) is 6.96. The Kier molecular flexibility index (Phi) is 7.38. The van der Waals surface area contributed by atoms with Gasteiger partial charge < -0.3 is 10.1 Å². The average Bonchev–Trinajstić information content (AvgIpc) is 3.25. The highest BCUT2D eigenvalue weighted by molar-refractivity contribution is 5.81. The Morgan fingerprint density at radius 2 is 2.00 bits per heavy atom. The van der Waals surface area contributed by atoms with E-state index in [4.69, 9.17) is 4.74 Å². The number of carbonyl (C=O) groups excluding carboxylic acids is 1. The van der Waals surface area contributed by atoms with Crippen molar-refractivity contribution in [2.75, 3.05) is 19.7 Å². The molecule has 0 unspecified atom stereocenters. The maximum absolute atomic E-state index is 12.9. The van der Waals surface area contributed by atoms with Crippen LogP contribution in [-0.4, -0.2) is 35.5 Å². The highest BCUT2D eigenvalue weighted by Crippen LogP contribution is 2.34. The number of piperidine rings is 1. The van der Waals surface area contributed by atoms with E-state index in [0.29, 0.717) is 12.5 Å². The first kappa shape index (κ1) is 23.7. The molecule has 5 nitrogen and oxygen atoms in total. The molecular weight excluding hydrogens is 410 g/mol. The van der Waals surface area contributed by atoms with Gasteiger partial charge in [-0.05, 0) is 80.8 Å². The van der Waals surface area contributed by atoms with E-state index in [1.54, 1.807) is 0 Å². The summed E-state index contributed by atoms with van der Waals surface area (Å²) in [6, 6.07) is 10.6. The molecular formula is C28H39N3O2. The van der Waals surface area contributed by atoms with Gasteiger partial charge >= 0.3 is 0 Å². The van der Waals surface area contributed by atoms with Crippen LogP contribution in [0.2, 0.25) is 0 Å². The predicted molar refractivity (Wildman–Crippen MR) is 132 cm³/mol. The summed E-state index contributed by atoms with van der Waals surface area (Å²) in [5, 5.41) is 3.34. The van der Waals surface area contributed by atoms with Crippen LogP contribution in [-0.2, 0) is 24.2 Å². The van der Waals surface area contributed by atoms with Crippen LogP contribution in [0.5, 0.6) is 5.75 Å². The molecule has 0 radical (unpaired) electrons. The van der Waals surface area contributed by atoms with Crippen LogP contribution in [0, 0.1) is 11.3 Å². The number of nitrogens with zero attached hydrogens (tertiary/aromatic N) is 2. The van der Waals surface area contributed by atoms with Crippen molar-refractivity contribution < 1.29 is 9.53 Å². The van der Waals surface area contributed by atoms with Gasteiger partial charge in [0.15, 0.2) is 0 Å². The second-order valence-corrected chi connectivity index (χ2v) is 10.6. The number of amides is 1. The third-order valence-electron chi connectivity index (χ3n) is 6.96. The van der Waals surface area contributed by atoms with Gasteiger partial charge in [-0.1, -0.05) is 32.9 Å². The van der Waals surface area contributed by atoms with Crippen LogP contribution in [0.25, 0.3) is 0 Å². The molecule has 2 aromatic rings. The molecule has 1 fully saturated rings. The van der Waals surface area contributed by atoms with E-state index in [1.165, 1.54) is 36.0 Å². The lowest BCUT2D eigenvalue weighted by molar-refractivity contribution is -0.130. The third kappa shape index (κ3) is 5.75.